The van der Waals surface area contributed by atoms with Gasteiger partial charge in [0.1, 0.15) is 5.82 Å². The van der Waals surface area contributed by atoms with Gasteiger partial charge in [-0.3, -0.25) is 4.79 Å². The lowest BCUT2D eigenvalue weighted by atomic mass is 10.1. The Bertz CT molecular complexity index is 667. The fourth-order valence-electron chi connectivity index (χ4n) is 1.56. The average molecular weight is 266 g/mol. The Morgan fingerprint density at radius 1 is 1.10 bits per heavy atom. The van der Waals surface area contributed by atoms with Gasteiger partial charge in [-0.1, -0.05) is 12.1 Å². The summed E-state index contributed by atoms with van der Waals surface area (Å²) in [7, 11) is 0. The van der Waals surface area contributed by atoms with Crippen LogP contribution in [0.5, 0.6) is 0 Å². The molecule has 2 aromatic carbocycles. The monoisotopic (exact) mass is 266 g/mol. The van der Waals surface area contributed by atoms with Crippen LogP contribution >= 0.6 is 0 Å². The quantitative estimate of drug-likeness (QED) is 0.866. The molecule has 0 aliphatic rings. The molecule has 20 heavy (non-hydrogen) atoms. The number of rotatable bonds is 3. The maximum atomic E-state index is 12.7. The molecule has 4 heteroatoms. The van der Waals surface area contributed by atoms with E-state index in [1.54, 1.807) is 30.3 Å². The fraction of sp³-hybridized carbons (Fsp3) is 0. The van der Waals surface area contributed by atoms with E-state index in [9.17, 15) is 9.18 Å². The summed E-state index contributed by atoms with van der Waals surface area (Å²) < 4.78 is 12.7. The summed E-state index contributed by atoms with van der Waals surface area (Å²) in [6.45, 7) is 0. The highest BCUT2D eigenvalue weighted by molar-refractivity contribution is 6.01. The van der Waals surface area contributed by atoms with Gasteiger partial charge in [-0.25, -0.2) is 4.39 Å². The van der Waals surface area contributed by atoms with Crippen LogP contribution in [0.4, 0.5) is 10.1 Å². The van der Waals surface area contributed by atoms with E-state index in [1.807, 2.05) is 6.07 Å². The number of halogens is 1. The molecule has 0 aliphatic carbocycles. The van der Waals surface area contributed by atoms with E-state index < -0.39 is 0 Å². The number of carbonyl (C=O) groups is 1. The molecule has 98 valence electrons. The minimum Gasteiger partial charge on any atom is -0.323 e. The van der Waals surface area contributed by atoms with Crippen molar-refractivity contribution >= 4 is 17.7 Å². The number of benzene rings is 2. The van der Waals surface area contributed by atoms with Crippen LogP contribution in [-0.4, -0.2) is 5.91 Å². The van der Waals surface area contributed by atoms with Crippen molar-refractivity contribution in [3.8, 4) is 6.07 Å². The van der Waals surface area contributed by atoms with Gasteiger partial charge in [0.25, 0.3) is 0 Å². The zero-order chi connectivity index (χ0) is 14.4. The first kappa shape index (κ1) is 13.5. The highest BCUT2D eigenvalue weighted by Crippen LogP contribution is 2.09. The zero-order valence-corrected chi connectivity index (χ0v) is 10.5. The number of hydrogen-bond acceptors (Lipinski definition) is 2. The molecule has 1 amide bonds. The lowest BCUT2D eigenvalue weighted by molar-refractivity contribution is -0.111. The van der Waals surface area contributed by atoms with Crippen LogP contribution in [0.15, 0.2) is 54.6 Å². The summed E-state index contributed by atoms with van der Waals surface area (Å²) in [6, 6.07) is 14.4. The van der Waals surface area contributed by atoms with E-state index >= 15 is 0 Å². The highest BCUT2D eigenvalue weighted by Gasteiger charge is 1.98. The van der Waals surface area contributed by atoms with Crippen LogP contribution in [0.25, 0.3) is 6.08 Å². The molecule has 0 bridgehead atoms. The second-order valence-electron chi connectivity index (χ2n) is 4.06. The third-order valence-electron chi connectivity index (χ3n) is 2.58. The molecule has 0 aromatic heterocycles. The van der Waals surface area contributed by atoms with Crippen LogP contribution < -0.4 is 5.32 Å². The summed E-state index contributed by atoms with van der Waals surface area (Å²) in [5.74, 6) is -0.655. The van der Waals surface area contributed by atoms with Gasteiger partial charge in [0, 0.05) is 11.8 Å². The van der Waals surface area contributed by atoms with Crippen LogP contribution in [-0.2, 0) is 4.79 Å². The van der Waals surface area contributed by atoms with E-state index in [1.165, 1.54) is 30.3 Å². The summed E-state index contributed by atoms with van der Waals surface area (Å²) in [4.78, 5) is 11.6. The van der Waals surface area contributed by atoms with Crippen molar-refractivity contribution in [2.75, 3.05) is 5.32 Å². The van der Waals surface area contributed by atoms with Gasteiger partial charge in [0.15, 0.2) is 0 Å². The van der Waals surface area contributed by atoms with E-state index in [0.29, 0.717) is 11.3 Å². The van der Waals surface area contributed by atoms with Crippen molar-refractivity contribution in [3.63, 3.8) is 0 Å². The molecule has 0 atom stereocenters. The maximum absolute atomic E-state index is 12.7. The van der Waals surface area contributed by atoms with Gasteiger partial charge in [-0.15, -0.1) is 0 Å². The van der Waals surface area contributed by atoms with Crippen molar-refractivity contribution in [1.29, 1.82) is 5.26 Å². The van der Waals surface area contributed by atoms with Crippen molar-refractivity contribution in [1.82, 2.24) is 0 Å². The number of nitrogens with zero attached hydrogens (tertiary/aromatic N) is 1. The number of nitrogens with one attached hydrogen (secondary N) is 1. The average Bonchev–Trinajstić information content (AvgIpc) is 2.48. The van der Waals surface area contributed by atoms with Gasteiger partial charge in [-0.05, 0) is 48.0 Å². The second-order valence-corrected chi connectivity index (χ2v) is 4.06. The van der Waals surface area contributed by atoms with Crippen molar-refractivity contribution < 1.29 is 9.18 Å². The van der Waals surface area contributed by atoms with Crippen molar-refractivity contribution in [2.45, 2.75) is 0 Å². The minimum absolute atomic E-state index is 0.305. The third kappa shape index (κ3) is 3.79. The summed E-state index contributed by atoms with van der Waals surface area (Å²) in [6.07, 6.45) is 3.02. The second kappa shape index (κ2) is 6.30. The first-order valence-corrected chi connectivity index (χ1v) is 5.92. The van der Waals surface area contributed by atoms with E-state index in [0.717, 1.165) is 5.56 Å². The molecule has 0 heterocycles. The highest BCUT2D eigenvalue weighted by atomic mass is 19.1. The summed E-state index contributed by atoms with van der Waals surface area (Å²) in [5.41, 5.74) is 1.91. The molecule has 0 aliphatic heterocycles. The van der Waals surface area contributed by atoms with Crippen LogP contribution in [0, 0.1) is 17.1 Å². The molecule has 0 saturated heterocycles. The van der Waals surface area contributed by atoms with Crippen LogP contribution in [0.2, 0.25) is 0 Å². The van der Waals surface area contributed by atoms with Crippen molar-refractivity contribution in [3.05, 3.63) is 71.6 Å². The molecule has 0 spiro atoms. The Morgan fingerprint density at radius 3 is 2.35 bits per heavy atom. The van der Waals surface area contributed by atoms with Gasteiger partial charge < -0.3 is 5.32 Å². The van der Waals surface area contributed by atoms with Gasteiger partial charge >= 0.3 is 0 Å². The molecule has 0 fully saturated rings. The minimum atomic E-state index is -0.351. The normalized spacial score (nSPS) is 10.2. The molecular formula is C16H11FN2O. The Kier molecular flexibility index (Phi) is 4.25. The zero-order valence-electron chi connectivity index (χ0n) is 10.5. The Hall–Kier alpha value is -2.93. The molecule has 1 N–H and O–H groups in total. The van der Waals surface area contributed by atoms with Crippen LogP contribution in [0.3, 0.4) is 0 Å². The van der Waals surface area contributed by atoms with E-state index in [-0.39, 0.29) is 11.7 Å². The predicted molar refractivity (Wildman–Crippen MR) is 75.2 cm³/mol. The number of nitriles is 1. The molecule has 2 aromatic rings. The number of carbonyl (C=O) groups excluding carboxylic acids is 1. The molecule has 0 radical (unpaired) electrons. The van der Waals surface area contributed by atoms with E-state index in [2.05, 4.69) is 5.32 Å². The van der Waals surface area contributed by atoms with Gasteiger partial charge in [-0.2, -0.15) is 5.26 Å². The topological polar surface area (TPSA) is 52.9 Å². The number of hydrogen-bond donors (Lipinski definition) is 1. The SMILES string of the molecule is N#Cc1ccc(/C=C/C(=O)Nc2ccc(F)cc2)cc1. The first-order chi connectivity index (χ1) is 9.67. The molecular weight excluding hydrogens is 255 g/mol. The lowest BCUT2D eigenvalue weighted by Crippen LogP contribution is -2.07. The smallest absolute Gasteiger partial charge is 0.248 e. The lowest BCUT2D eigenvalue weighted by Gasteiger charge is -2.01. The molecule has 0 unspecified atom stereocenters. The molecule has 2 rings (SSSR count). The largest absolute Gasteiger partial charge is 0.323 e. The Balaban J connectivity index is 1.98. The fourth-order valence-corrected chi connectivity index (χ4v) is 1.56. The predicted octanol–water partition coefficient (Wildman–Crippen LogP) is 3.35. The van der Waals surface area contributed by atoms with Crippen molar-refractivity contribution in [2.24, 2.45) is 0 Å². The first-order valence-electron chi connectivity index (χ1n) is 5.92. The van der Waals surface area contributed by atoms with E-state index in [4.69, 9.17) is 5.26 Å². The van der Waals surface area contributed by atoms with Gasteiger partial charge in [0.05, 0.1) is 11.6 Å². The Labute approximate surface area is 116 Å². The summed E-state index contributed by atoms with van der Waals surface area (Å²) >= 11 is 0. The summed E-state index contributed by atoms with van der Waals surface area (Å²) in [5, 5.41) is 11.3. The van der Waals surface area contributed by atoms with Gasteiger partial charge in [0.2, 0.25) is 5.91 Å². The molecule has 0 saturated carbocycles. The Morgan fingerprint density at radius 2 is 1.75 bits per heavy atom. The number of amides is 1. The third-order valence-corrected chi connectivity index (χ3v) is 2.58. The molecule has 3 nitrogen and oxygen atoms in total. The van der Waals surface area contributed by atoms with Crippen LogP contribution in [0.1, 0.15) is 11.1 Å². The number of anilines is 1. The maximum Gasteiger partial charge on any atom is 0.248 e. The standard InChI is InChI=1S/C16H11FN2O/c17-14-6-8-15(9-7-14)19-16(20)10-5-12-1-3-13(11-18)4-2-12/h1-10H,(H,19,20)/b10-5+.